The molecule has 0 fully saturated rings. The van der Waals surface area contributed by atoms with Gasteiger partial charge in [0.25, 0.3) is 11.1 Å². The minimum atomic E-state index is 0.625. The van der Waals surface area contributed by atoms with Gasteiger partial charge in [-0.1, -0.05) is 42.1 Å². The number of hydrogen-bond acceptors (Lipinski definition) is 5. The predicted molar refractivity (Wildman–Crippen MR) is 83.2 cm³/mol. The highest BCUT2D eigenvalue weighted by Gasteiger charge is 2.12. The van der Waals surface area contributed by atoms with Crippen LogP contribution in [0.25, 0.3) is 10.8 Å². The van der Waals surface area contributed by atoms with Crippen LogP contribution in [-0.2, 0) is 6.42 Å². The van der Waals surface area contributed by atoms with Gasteiger partial charge in [0.15, 0.2) is 0 Å². The normalized spacial score (nSPS) is 10.8. The van der Waals surface area contributed by atoms with E-state index in [1.807, 2.05) is 11.4 Å². The summed E-state index contributed by atoms with van der Waals surface area (Å²) in [4.78, 5) is 1.06. The summed E-state index contributed by atoms with van der Waals surface area (Å²) < 4.78 is 5.70. The highest BCUT2D eigenvalue weighted by atomic mass is 32.2. The lowest BCUT2D eigenvalue weighted by Gasteiger charge is -1.98. The molecule has 0 aliphatic carbocycles. The molecule has 3 nitrogen and oxygen atoms in total. The van der Waals surface area contributed by atoms with Crippen molar-refractivity contribution >= 4 is 23.1 Å². The van der Waals surface area contributed by atoms with Gasteiger partial charge in [0.2, 0.25) is 0 Å². The minimum Gasteiger partial charge on any atom is -0.410 e. The lowest BCUT2D eigenvalue weighted by Crippen LogP contribution is -1.87. The van der Waals surface area contributed by atoms with Crippen molar-refractivity contribution in [1.82, 2.24) is 10.2 Å². The van der Waals surface area contributed by atoms with E-state index in [4.69, 9.17) is 4.42 Å². The Kier molecular flexibility index (Phi) is 4.18. The second-order valence-electron chi connectivity index (χ2n) is 4.39. The molecule has 0 N–H and O–H groups in total. The van der Waals surface area contributed by atoms with Crippen LogP contribution in [0.2, 0.25) is 0 Å². The molecule has 2 aromatic heterocycles. The summed E-state index contributed by atoms with van der Waals surface area (Å²) in [6.07, 6.45) is 1.00. The van der Waals surface area contributed by atoms with Gasteiger partial charge in [-0.3, -0.25) is 0 Å². The standard InChI is InChI=1S/C15H14N2OS2/c1-11-7-9-19-13(11)14-16-17-15(18-14)20-10-8-12-5-3-2-4-6-12/h2-7,9H,8,10H2,1H3. The summed E-state index contributed by atoms with van der Waals surface area (Å²) in [5.41, 5.74) is 2.51. The molecule has 3 rings (SSSR count). The number of benzene rings is 1. The van der Waals surface area contributed by atoms with Crippen LogP contribution < -0.4 is 0 Å². The molecule has 5 heteroatoms. The van der Waals surface area contributed by atoms with Crippen molar-refractivity contribution in [1.29, 1.82) is 0 Å². The molecule has 0 spiro atoms. The first kappa shape index (κ1) is 13.4. The van der Waals surface area contributed by atoms with Crippen LogP contribution >= 0.6 is 23.1 Å². The zero-order chi connectivity index (χ0) is 13.8. The van der Waals surface area contributed by atoms with E-state index in [1.54, 1.807) is 23.1 Å². The number of aromatic nitrogens is 2. The molecule has 2 heterocycles. The van der Waals surface area contributed by atoms with Gasteiger partial charge in [0.1, 0.15) is 0 Å². The Hall–Kier alpha value is -1.59. The molecule has 0 radical (unpaired) electrons. The molecule has 0 saturated carbocycles. The Morgan fingerprint density at radius 2 is 2.00 bits per heavy atom. The van der Waals surface area contributed by atoms with Crippen LogP contribution in [0.5, 0.6) is 0 Å². The molecule has 0 unspecified atom stereocenters. The molecule has 0 aliphatic rings. The van der Waals surface area contributed by atoms with Crippen molar-refractivity contribution in [2.45, 2.75) is 18.6 Å². The van der Waals surface area contributed by atoms with Crippen LogP contribution in [0, 0.1) is 6.92 Å². The van der Waals surface area contributed by atoms with E-state index in [0.29, 0.717) is 11.1 Å². The summed E-state index contributed by atoms with van der Waals surface area (Å²) in [5, 5.41) is 10.9. The summed E-state index contributed by atoms with van der Waals surface area (Å²) in [7, 11) is 0. The van der Waals surface area contributed by atoms with Crippen LogP contribution in [0.3, 0.4) is 0 Å². The maximum atomic E-state index is 5.70. The van der Waals surface area contributed by atoms with E-state index in [2.05, 4.69) is 47.5 Å². The van der Waals surface area contributed by atoms with Crippen molar-refractivity contribution in [3.05, 3.63) is 52.9 Å². The molecular formula is C15H14N2OS2. The fourth-order valence-corrected chi connectivity index (χ4v) is 3.45. The third-order valence-electron chi connectivity index (χ3n) is 2.92. The van der Waals surface area contributed by atoms with Crippen molar-refractivity contribution in [2.24, 2.45) is 0 Å². The van der Waals surface area contributed by atoms with Crippen LogP contribution in [-0.4, -0.2) is 16.0 Å². The van der Waals surface area contributed by atoms with E-state index in [-0.39, 0.29) is 0 Å². The molecule has 0 bridgehead atoms. The van der Waals surface area contributed by atoms with Crippen LogP contribution in [0.1, 0.15) is 11.1 Å². The highest BCUT2D eigenvalue weighted by molar-refractivity contribution is 7.99. The van der Waals surface area contributed by atoms with E-state index in [9.17, 15) is 0 Å². The van der Waals surface area contributed by atoms with E-state index in [1.165, 1.54) is 11.1 Å². The van der Waals surface area contributed by atoms with Crippen molar-refractivity contribution in [3.8, 4) is 10.8 Å². The van der Waals surface area contributed by atoms with Gasteiger partial charge in [-0.25, -0.2) is 0 Å². The molecular weight excluding hydrogens is 288 g/mol. The predicted octanol–water partition coefficient (Wildman–Crippen LogP) is 4.44. The number of hydrogen-bond donors (Lipinski definition) is 0. The average molecular weight is 302 g/mol. The second kappa shape index (κ2) is 6.24. The third kappa shape index (κ3) is 3.11. The third-order valence-corrected chi connectivity index (χ3v) is 4.75. The Morgan fingerprint density at radius 1 is 1.15 bits per heavy atom. The van der Waals surface area contributed by atoms with E-state index < -0.39 is 0 Å². The smallest absolute Gasteiger partial charge is 0.276 e. The average Bonchev–Trinajstić information content (AvgIpc) is 3.09. The SMILES string of the molecule is Cc1ccsc1-c1nnc(SCCc2ccccc2)o1. The van der Waals surface area contributed by atoms with E-state index >= 15 is 0 Å². The molecule has 0 saturated heterocycles. The van der Waals surface area contributed by atoms with Gasteiger partial charge in [-0.2, -0.15) is 0 Å². The fourth-order valence-electron chi connectivity index (χ4n) is 1.85. The number of aryl methyl sites for hydroxylation is 2. The summed E-state index contributed by atoms with van der Waals surface area (Å²) >= 11 is 3.23. The Bertz CT molecular complexity index is 676. The maximum absolute atomic E-state index is 5.70. The van der Waals surface area contributed by atoms with Gasteiger partial charge in [-0.05, 0) is 35.9 Å². The molecule has 20 heavy (non-hydrogen) atoms. The molecule has 0 atom stereocenters. The second-order valence-corrected chi connectivity index (χ2v) is 6.35. The Morgan fingerprint density at radius 3 is 2.75 bits per heavy atom. The van der Waals surface area contributed by atoms with Crippen molar-refractivity contribution in [3.63, 3.8) is 0 Å². The molecule has 0 aliphatic heterocycles. The first-order valence-electron chi connectivity index (χ1n) is 6.37. The lowest BCUT2D eigenvalue weighted by atomic mass is 10.2. The molecule has 102 valence electrons. The quantitative estimate of drug-likeness (QED) is 0.653. The summed E-state index contributed by atoms with van der Waals surface area (Å²) in [6.45, 7) is 2.05. The van der Waals surface area contributed by atoms with E-state index in [0.717, 1.165) is 17.1 Å². The first-order valence-corrected chi connectivity index (χ1v) is 8.24. The zero-order valence-electron chi connectivity index (χ0n) is 11.1. The first-order chi connectivity index (χ1) is 9.83. The monoisotopic (exact) mass is 302 g/mol. The molecule has 1 aromatic carbocycles. The highest BCUT2D eigenvalue weighted by Crippen LogP contribution is 2.29. The Labute approximate surface area is 126 Å². The van der Waals surface area contributed by atoms with Crippen LogP contribution in [0.15, 0.2) is 51.4 Å². The van der Waals surface area contributed by atoms with Gasteiger partial charge >= 0.3 is 0 Å². The van der Waals surface area contributed by atoms with Gasteiger partial charge in [-0.15, -0.1) is 21.5 Å². The molecule has 3 aromatic rings. The summed E-state index contributed by atoms with van der Waals surface area (Å²) in [5.74, 6) is 1.56. The topological polar surface area (TPSA) is 38.9 Å². The molecule has 0 amide bonds. The van der Waals surface area contributed by atoms with Gasteiger partial charge in [0, 0.05) is 5.75 Å². The minimum absolute atomic E-state index is 0.625. The summed E-state index contributed by atoms with van der Waals surface area (Å²) in [6, 6.07) is 12.5. The fraction of sp³-hybridized carbons (Fsp3) is 0.200. The lowest BCUT2D eigenvalue weighted by molar-refractivity contribution is 0.466. The van der Waals surface area contributed by atoms with Crippen LogP contribution in [0.4, 0.5) is 0 Å². The van der Waals surface area contributed by atoms with Crippen molar-refractivity contribution < 1.29 is 4.42 Å². The maximum Gasteiger partial charge on any atom is 0.276 e. The number of rotatable bonds is 5. The number of thioether (sulfide) groups is 1. The zero-order valence-corrected chi connectivity index (χ0v) is 12.7. The Balaban J connectivity index is 1.59. The number of thiophene rings is 1. The largest absolute Gasteiger partial charge is 0.410 e. The van der Waals surface area contributed by atoms with Gasteiger partial charge < -0.3 is 4.42 Å². The number of nitrogens with zero attached hydrogens (tertiary/aromatic N) is 2. The van der Waals surface area contributed by atoms with Gasteiger partial charge in [0.05, 0.1) is 4.88 Å². The van der Waals surface area contributed by atoms with Crippen molar-refractivity contribution in [2.75, 3.05) is 5.75 Å².